The summed E-state index contributed by atoms with van der Waals surface area (Å²) in [6.07, 6.45) is 2.62. The Bertz CT molecular complexity index is 1170. The zero-order chi connectivity index (χ0) is 23.2. The number of aryl methyl sites for hydroxylation is 1. The number of thioether (sulfide) groups is 1. The Morgan fingerprint density at radius 1 is 0.970 bits per heavy atom. The van der Waals surface area contributed by atoms with Crippen LogP contribution in [0.25, 0.3) is 6.08 Å². The van der Waals surface area contributed by atoms with Gasteiger partial charge in [0, 0.05) is 6.54 Å². The molecule has 33 heavy (non-hydrogen) atoms. The first-order valence-electron chi connectivity index (χ1n) is 10.7. The maximum atomic E-state index is 12.9. The quantitative estimate of drug-likeness (QED) is 0.294. The lowest BCUT2D eigenvalue weighted by molar-refractivity contribution is -0.122. The van der Waals surface area contributed by atoms with Gasteiger partial charge in [0.1, 0.15) is 10.9 Å². The van der Waals surface area contributed by atoms with Crippen LogP contribution in [0.4, 0.5) is 0 Å². The van der Waals surface area contributed by atoms with Crippen molar-refractivity contribution in [3.63, 3.8) is 0 Å². The third-order valence-corrected chi connectivity index (χ3v) is 6.72. The zero-order valence-corrected chi connectivity index (χ0v) is 20.2. The number of amides is 1. The predicted molar refractivity (Wildman–Crippen MR) is 139 cm³/mol. The Balaban J connectivity index is 1.43. The number of ether oxygens (including phenoxy) is 2. The van der Waals surface area contributed by atoms with Gasteiger partial charge in [-0.1, -0.05) is 90.2 Å². The average Bonchev–Trinajstić information content (AvgIpc) is 3.10. The number of rotatable bonds is 8. The van der Waals surface area contributed by atoms with Gasteiger partial charge in [0.25, 0.3) is 5.91 Å². The molecule has 1 saturated heterocycles. The van der Waals surface area contributed by atoms with Gasteiger partial charge < -0.3 is 9.47 Å². The molecule has 3 aromatic carbocycles. The number of methoxy groups -OCH3 is 1. The monoisotopic (exact) mass is 475 g/mol. The highest BCUT2D eigenvalue weighted by molar-refractivity contribution is 8.26. The van der Waals surface area contributed by atoms with Crippen molar-refractivity contribution in [3.05, 3.63) is 100.0 Å². The molecule has 1 fully saturated rings. The topological polar surface area (TPSA) is 38.8 Å². The van der Waals surface area contributed by atoms with E-state index in [0.717, 1.165) is 17.5 Å². The van der Waals surface area contributed by atoms with Gasteiger partial charge in [-0.2, -0.15) is 0 Å². The van der Waals surface area contributed by atoms with Crippen LogP contribution in [0, 0.1) is 6.92 Å². The van der Waals surface area contributed by atoms with Crippen LogP contribution in [-0.2, 0) is 17.8 Å². The van der Waals surface area contributed by atoms with E-state index in [-0.39, 0.29) is 5.91 Å². The van der Waals surface area contributed by atoms with Crippen LogP contribution in [0.1, 0.15) is 22.3 Å². The Morgan fingerprint density at radius 3 is 2.45 bits per heavy atom. The number of benzene rings is 3. The highest BCUT2D eigenvalue weighted by Gasteiger charge is 2.31. The number of carbonyl (C=O) groups is 1. The van der Waals surface area contributed by atoms with Crippen molar-refractivity contribution < 1.29 is 14.3 Å². The minimum Gasteiger partial charge on any atom is -0.493 e. The molecular formula is C27H25NO3S2. The normalized spacial score (nSPS) is 14.7. The third kappa shape index (κ3) is 5.83. The number of carbonyl (C=O) groups excluding carboxylic acids is 1. The lowest BCUT2D eigenvalue weighted by Gasteiger charge is -2.14. The molecule has 4 rings (SSSR count). The van der Waals surface area contributed by atoms with E-state index in [1.807, 2.05) is 42.5 Å². The summed E-state index contributed by atoms with van der Waals surface area (Å²) in [5.41, 5.74) is 4.34. The van der Waals surface area contributed by atoms with Crippen molar-refractivity contribution in [2.45, 2.75) is 20.0 Å². The van der Waals surface area contributed by atoms with Crippen molar-refractivity contribution in [1.29, 1.82) is 0 Å². The van der Waals surface area contributed by atoms with Gasteiger partial charge in [0.2, 0.25) is 0 Å². The van der Waals surface area contributed by atoms with Crippen molar-refractivity contribution >= 4 is 40.3 Å². The standard InChI is InChI=1S/C27H25NO3S2/c1-19-8-10-21(11-9-19)18-31-23-13-12-22(16-24(23)30-2)17-25-26(29)28(27(32)33-25)15-14-20-6-4-3-5-7-20/h3-13,16-17H,14-15,18H2,1-2H3. The third-order valence-electron chi connectivity index (χ3n) is 5.34. The predicted octanol–water partition coefficient (Wildman–Crippen LogP) is 6.03. The molecule has 1 aliphatic rings. The summed E-state index contributed by atoms with van der Waals surface area (Å²) < 4.78 is 12.1. The van der Waals surface area contributed by atoms with Crippen molar-refractivity contribution in [1.82, 2.24) is 4.90 Å². The summed E-state index contributed by atoms with van der Waals surface area (Å²) in [6.45, 7) is 3.08. The molecule has 0 bridgehead atoms. The molecule has 0 aromatic heterocycles. The summed E-state index contributed by atoms with van der Waals surface area (Å²) in [4.78, 5) is 15.2. The van der Waals surface area contributed by atoms with Crippen LogP contribution in [-0.4, -0.2) is 28.8 Å². The van der Waals surface area contributed by atoms with Gasteiger partial charge in [-0.15, -0.1) is 0 Å². The van der Waals surface area contributed by atoms with E-state index in [1.54, 1.807) is 12.0 Å². The smallest absolute Gasteiger partial charge is 0.266 e. The van der Waals surface area contributed by atoms with Crippen LogP contribution >= 0.6 is 24.0 Å². The van der Waals surface area contributed by atoms with Gasteiger partial charge in [-0.25, -0.2) is 0 Å². The van der Waals surface area contributed by atoms with E-state index in [0.29, 0.717) is 33.9 Å². The minimum absolute atomic E-state index is 0.0559. The molecule has 0 unspecified atom stereocenters. The molecule has 0 saturated carbocycles. The Kier molecular flexibility index (Phi) is 7.47. The van der Waals surface area contributed by atoms with E-state index in [9.17, 15) is 4.79 Å². The first-order chi connectivity index (χ1) is 16.0. The fraction of sp³-hybridized carbons (Fsp3) is 0.185. The second-order valence-corrected chi connectivity index (χ2v) is 9.43. The first-order valence-corrected chi connectivity index (χ1v) is 11.9. The van der Waals surface area contributed by atoms with Gasteiger partial charge in [-0.05, 0) is 48.2 Å². The van der Waals surface area contributed by atoms with E-state index in [1.165, 1.54) is 22.9 Å². The fourth-order valence-electron chi connectivity index (χ4n) is 3.47. The summed E-state index contributed by atoms with van der Waals surface area (Å²) in [7, 11) is 1.61. The Hall–Kier alpha value is -3.09. The maximum Gasteiger partial charge on any atom is 0.266 e. The zero-order valence-electron chi connectivity index (χ0n) is 18.6. The lowest BCUT2D eigenvalue weighted by Crippen LogP contribution is -2.30. The van der Waals surface area contributed by atoms with Gasteiger partial charge in [0.15, 0.2) is 11.5 Å². The van der Waals surface area contributed by atoms with Crippen molar-refractivity contribution in [2.24, 2.45) is 0 Å². The van der Waals surface area contributed by atoms with Gasteiger partial charge in [-0.3, -0.25) is 9.69 Å². The highest BCUT2D eigenvalue weighted by Crippen LogP contribution is 2.35. The minimum atomic E-state index is -0.0559. The SMILES string of the molecule is COc1cc(C=C2SC(=S)N(CCc3ccccc3)C2=O)ccc1OCc1ccc(C)cc1. The second-order valence-electron chi connectivity index (χ2n) is 7.75. The maximum absolute atomic E-state index is 12.9. The van der Waals surface area contributed by atoms with Crippen molar-refractivity contribution in [2.75, 3.05) is 13.7 Å². The van der Waals surface area contributed by atoms with E-state index in [2.05, 4.69) is 43.3 Å². The molecule has 1 heterocycles. The number of hydrogen-bond acceptors (Lipinski definition) is 5. The van der Waals surface area contributed by atoms with E-state index < -0.39 is 0 Å². The largest absolute Gasteiger partial charge is 0.493 e. The lowest BCUT2D eigenvalue weighted by atomic mass is 10.1. The molecule has 0 aliphatic carbocycles. The molecule has 0 N–H and O–H groups in total. The molecule has 6 heteroatoms. The molecule has 1 aliphatic heterocycles. The van der Waals surface area contributed by atoms with Crippen LogP contribution in [0.5, 0.6) is 11.5 Å². The highest BCUT2D eigenvalue weighted by atomic mass is 32.2. The molecular weight excluding hydrogens is 450 g/mol. The molecule has 168 valence electrons. The summed E-state index contributed by atoms with van der Waals surface area (Å²) in [6, 6.07) is 24.0. The van der Waals surface area contributed by atoms with Crippen molar-refractivity contribution in [3.8, 4) is 11.5 Å². The molecule has 3 aromatic rings. The van der Waals surface area contributed by atoms with Crippen LogP contribution in [0.3, 0.4) is 0 Å². The summed E-state index contributed by atoms with van der Waals surface area (Å²) in [5.74, 6) is 1.22. The molecule has 0 radical (unpaired) electrons. The van der Waals surface area contributed by atoms with E-state index in [4.69, 9.17) is 21.7 Å². The van der Waals surface area contributed by atoms with Gasteiger partial charge >= 0.3 is 0 Å². The molecule has 4 nitrogen and oxygen atoms in total. The van der Waals surface area contributed by atoms with Crippen LogP contribution in [0.15, 0.2) is 77.7 Å². The van der Waals surface area contributed by atoms with Crippen LogP contribution in [0.2, 0.25) is 0 Å². The van der Waals surface area contributed by atoms with E-state index >= 15 is 0 Å². The fourth-order valence-corrected chi connectivity index (χ4v) is 4.78. The number of thiocarbonyl (C=S) groups is 1. The number of hydrogen-bond donors (Lipinski definition) is 0. The summed E-state index contributed by atoms with van der Waals surface area (Å²) in [5, 5.41) is 0. The first kappa shape index (κ1) is 23.1. The Labute approximate surface area is 204 Å². The molecule has 0 atom stereocenters. The molecule has 0 spiro atoms. The van der Waals surface area contributed by atoms with Gasteiger partial charge in [0.05, 0.1) is 12.0 Å². The molecule has 1 amide bonds. The number of nitrogens with zero attached hydrogens (tertiary/aromatic N) is 1. The van der Waals surface area contributed by atoms with Crippen LogP contribution < -0.4 is 9.47 Å². The summed E-state index contributed by atoms with van der Waals surface area (Å²) >= 11 is 6.80. The second kappa shape index (κ2) is 10.7. The Morgan fingerprint density at radius 2 is 1.73 bits per heavy atom. The average molecular weight is 476 g/mol.